The molecule has 1 aliphatic heterocycles. The molecule has 0 saturated carbocycles. The van der Waals surface area contributed by atoms with Crippen molar-refractivity contribution in [1.82, 2.24) is 4.90 Å². The van der Waals surface area contributed by atoms with Crippen LogP contribution in [0.3, 0.4) is 0 Å². The molecule has 3 rings (SSSR count). The van der Waals surface area contributed by atoms with E-state index in [1.165, 1.54) is 41.2 Å². The summed E-state index contributed by atoms with van der Waals surface area (Å²) < 4.78 is 18.2. The SMILES string of the molecule is COc1ccc(C)cc1N1CCN(CC(=O)Nc2ccc(F)cc2)C(=O)C1=O. The van der Waals surface area contributed by atoms with Gasteiger partial charge in [0.1, 0.15) is 18.1 Å². The second kappa shape index (κ2) is 8.08. The van der Waals surface area contributed by atoms with Crippen molar-refractivity contribution in [2.45, 2.75) is 6.92 Å². The van der Waals surface area contributed by atoms with Crippen LogP contribution in [0.1, 0.15) is 5.56 Å². The molecular weight excluding hydrogens is 365 g/mol. The van der Waals surface area contributed by atoms with Crippen LogP contribution in [0.2, 0.25) is 0 Å². The van der Waals surface area contributed by atoms with Crippen LogP contribution < -0.4 is 15.0 Å². The molecule has 0 unspecified atom stereocenters. The lowest BCUT2D eigenvalue weighted by atomic mass is 10.1. The topological polar surface area (TPSA) is 79.0 Å². The van der Waals surface area contributed by atoms with Gasteiger partial charge in [0.05, 0.1) is 12.8 Å². The summed E-state index contributed by atoms with van der Waals surface area (Å²) in [7, 11) is 1.50. The first-order chi connectivity index (χ1) is 13.4. The average molecular weight is 385 g/mol. The summed E-state index contributed by atoms with van der Waals surface area (Å²) in [6.07, 6.45) is 0. The Bertz CT molecular complexity index is 914. The Labute approximate surface area is 161 Å². The third kappa shape index (κ3) is 4.11. The number of halogens is 1. The van der Waals surface area contributed by atoms with Crippen LogP contribution >= 0.6 is 0 Å². The highest BCUT2D eigenvalue weighted by atomic mass is 19.1. The maximum Gasteiger partial charge on any atom is 0.316 e. The molecule has 7 nitrogen and oxygen atoms in total. The van der Waals surface area contributed by atoms with Gasteiger partial charge in [-0.1, -0.05) is 6.07 Å². The lowest BCUT2D eigenvalue weighted by molar-refractivity contribution is -0.147. The monoisotopic (exact) mass is 385 g/mol. The molecule has 1 N–H and O–H groups in total. The first kappa shape index (κ1) is 19.3. The van der Waals surface area contributed by atoms with Crippen molar-refractivity contribution in [3.63, 3.8) is 0 Å². The zero-order valence-electron chi connectivity index (χ0n) is 15.6. The summed E-state index contributed by atoms with van der Waals surface area (Å²) in [6, 6.07) is 10.7. The number of nitrogens with zero attached hydrogens (tertiary/aromatic N) is 2. The smallest absolute Gasteiger partial charge is 0.316 e. The van der Waals surface area contributed by atoms with Gasteiger partial charge in [-0.05, 0) is 48.9 Å². The van der Waals surface area contributed by atoms with Gasteiger partial charge in [0, 0.05) is 18.8 Å². The Balaban J connectivity index is 1.67. The highest BCUT2D eigenvalue weighted by molar-refractivity contribution is 6.41. The summed E-state index contributed by atoms with van der Waals surface area (Å²) in [5.74, 6) is -1.86. The molecule has 1 saturated heterocycles. The van der Waals surface area contributed by atoms with E-state index in [1.54, 1.807) is 12.1 Å². The lowest BCUT2D eigenvalue weighted by Crippen LogP contribution is -2.56. The molecule has 146 valence electrons. The standard InChI is InChI=1S/C20H20FN3O4/c1-13-3-8-17(28-2)16(11-13)24-10-9-23(19(26)20(24)27)12-18(25)22-15-6-4-14(21)5-7-15/h3-8,11H,9-10,12H2,1-2H3,(H,22,25). The van der Waals surface area contributed by atoms with Crippen molar-refractivity contribution in [3.8, 4) is 5.75 Å². The molecule has 2 aromatic carbocycles. The van der Waals surface area contributed by atoms with Gasteiger partial charge < -0.3 is 15.0 Å². The number of piperazine rings is 1. The summed E-state index contributed by atoms with van der Waals surface area (Å²) in [4.78, 5) is 39.8. The molecule has 0 spiro atoms. The molecule has 1 fully saturated rings. The zero-order valence-corrected chi connectivity index (χ0v) is 15.6. The largest absolute Gasteiger partial charge is 0.495 e. The number of aryl methyl sites for hydroxylation is 1. The van der Waals surface area contributed by atoms with Crippen molar-refractivity contribution >= 4 is 29.1 Å². The normalized spacial score (nSPS) is 14.2. The van der Waals surface area contributed by atoms with E-state index < -0.39 is 23.5 Å². The van der Waals surface area contributed by atoms with Gasteiger partial charge in [0.15, 0.2) is 0 Å². The van der Waals surface area contributed by atoms with Crippen LogP contribution in [0.4, 0.5) is 15.8 Å². The first-order valence-electron chi connectivity index (χ1n) is 8.70. The van der Waals surface area contributed by atoms with Gasteiger partial charge in [0.2, 0.25) is 5.91 Å². The number of methoxy groups -OCH3 is 1. The minimum absolute atomic E-state index is 0.207. The number of benzene rings is 2. The van der Waals surface area contributed by atoms with Gasteiger partial charge in [-0.2, -0.15) is 0 Å². The number of ether oxygens (including phenoxy) is 1. The molecule has 8 heteroatoms. The third-order valence-electron chi connectivity index (χ3n) is 4.40. The number of rotatable bonds is 5. The van der Waals surface area contributed by atoms with E-state index in [2.05, 4.69) is 5.32 Å². The zero-order chi connectivity index (χ0) is 20.3. The number of nitrogens with one attached hydrogen (secondary N) is 1. The fraction of sp³-hybridized carbons (Fsp3) is 0.250. The van der Waals surface area contributed by atoms with E-state index in [-0.39, 0.29) is 19.6 Å². The Morgan fingerprint density at radius 1 is 1.11 bits per heavy atom. The van der Waals surface area contributed by atoms with Crippen molar-refractivity contribution < 1.29 is 23.5 Å². The van der Waals surface area contributed by atoms with Crippen LogP contribution in [0.5, 0.6) is 5.75 Å². The van der Waals surface area contributed by atoms with Crippen molar-refractivity contribution in [2.75, 3.05) is 37.0 Å². The van der Waals surface area contributed by atoms with E-state index >= 15 is 0 Å². The molecular formula is C20H20FN3O4. The molecule has 1 heterocycles. The summed E-state index contributed by atoms with van der Waals surface area (Å²) in [5, 5.41) is 2.58. The number of hydrogen-bond donors (Lipinski definition) is 1. The van der Waals surface area contributed by atoms with Gasteiger partial charge in [-0.15, -0.1) is 0 Å². The Morgan fingerprint density at radius 3 is 2.50 bits per heavy atom. The maximum atomic E-state index is 12.9. The Kier molecular flexibility index (Phi) is 5.58. The van der Waals surface area contributed by atoms with Gasteiger partial charge in [0.25, 0.3) is 0 Å². The third-order valence-corrected chi connectivity index (χ3v) is 4.40. The van der Waals surface area contributed by atoms with Crippen molar-refractivity contribution in [1.29, 1.82) is 0 Å². The predicted molar refractivity (Wildman–Crippen MR) is 102 cm³/mol. The summed E-state index contributed by atoms with van der Waals surface area (Å²) >= 11 is 0. The number of carbonyl (C=O) groups excluding carboxylic acids is 3. The summed E-state index contributed by atoms with van der Waals surface area (Å²) in [6.45, 7) is 2.07. The Hall–Kier alpha value is -3.42. The fourth-order valence-corrected chi connectivity index (χ4v) is 2.97. The molecule has 0 aromatic heterocycles. The second-order valence-electron chi connectivity index (χ2n) is 6.41. The molecule has 0 radical (unpaired) electrons. The Morgan fingerprint density at radius 2 is 1.82 bits per heavy atom. The predicted octanol–water partition coefficient (Wildman–Crippen LogP) is 1.96. The number of amides is 3. The maximum absolute atomic E-state index is 12.9. The molecule has 1 aliphatic rings. The van der Waals surface area contributed by atoms with E-state index in [1.807, 2.05) is 13.0 Å². The lowest BCUT2D eigenvalue weighted by Gasteiger charge is -2.34. The minimum Gasteiger partial charge on any atom is -0.495 e. The number of anilines is 2. The molecule has 0 aliphatic carbocycles. The molecule has 3 amide bonds. The average Bonchev–Trinajstić information content (AvgIpc) is 2.67. The first-order valence-corrected chi connectivity index (χ1v) is 8.70. The molecule has 28 heavy (non-hydrogen) atoms. The number of hydrogen-bond acceptors (Lipinski definition) is 4. The van der Waals surface area contributed by atoms with E-state index in [4.69, 9.17) is 4.74 Å². The van der Waals surface area contributed by atoms with E-state index in [9.17, 15) is 18.8 Å². The van der Waals surface area contributed by atoms with E-state index in [0.717, 1.165) is 5.56 Å². The molecule has 0 bridgehead atoms. The quantitative estimate of drug-likeness (QED) is 0.798. The minimum atomic E-state index is -0.760. The van der Waals surface area contributed by atoms with Crippen LogP contribution in [0.25, 0.3) is 0 Å². The van der Waals surface area contributed by atoms with Crippen molar-refractivity contribution in [2.24, 2.45) is 0 Å². The fourth-order valence-electron chi connectivity index (χ4n) is 2.97. The van der Waals surface area contributed by atoms with E-state index in [0.29, 0.717) is 17.1 Å². The molecule has 2 aromatic rings. The van der Waals surface area contributed by atoms with Crippen LogP contribution in [0.15, 0.2) is 42.5 Å². The van der Waals surface area contributed by atoms with Gasteiger partial charge in [-0.25, -0.2) is 4.39 Å². The van der Waals surface area contributed by atoms with Gasteiger partial charge in [-0.3, -0.25) is 19.3 Å². The highest BCUT2D eigenvalue weighted by Crippen LogP contribution is 2.30. The van der Waals surface area contributed by atoms with Crippen LogP contribution in [-0.2, 0) is 14.4 Å². The highest BCUT2D eigenvalue weighted by Gasteiger charge is 2.35. The number of carbonyl (C=O) groups is 3. The van der Waals surface area contributed by atoms with Crippen LogP contribution in [-0.4, -0.2) is 49.4 Å². The van der Waals surface area contributed by atoms with Crippen LogP contribution in [0, 0.1) is 12.7 Å². The molecule has 0 atom stereocenters. The van der Waals surface area contributed by atoms with Crippen molar-refractivity contribution in [3.05, 3.63) is 53.8 Å². The second-order valence-corrected chi connectivity index (χ2v) is 6.41. The van der Waals surface area contributed by atoms with Gasteiger partial charge >= 0.3 is 11.8 Å². The summed E-state index contributed by atoms with van der Waals surface area (Å²) in [5.41, 5.74) is 1.86.